The van der Waals surface area contributed by atoms with Gasteiger partial charge in [-0.2, -0.15) is 0 Å². The van der Waals surface area contributed by atoms with Crippen molar-refractivity contribution < 1.29 is 9.47 Å². The molecule has 0 amide bonds. The molecule has 2 N–H and O–H groups in total. The third-order valence-corrected chi connectivity index (χ3v) is 2.89. The Kier molecular flexibility index (Phi) is 7.50. The average molecular weight is 391 g/mol. The number of nitrogens with one attached hydrogen (secondary N) is 2. The summed E-state index contributed by atoms with van der Waals surface area (Å²) >= 11 is 0. The zero-order valence-electron chi connectivity index (χ0n) is 11.9. The number of rotatable bonds is 5. The number of methoxy groups -OCH3 is 1. The highest BCUT2D eigenvalue weighted by Crippen LogP contribution is 2.27. The van der Waals surface area contributed by atoms with Gasteiger partial charge in [-0.1, -0.05) is 6.07 Å². The fourth-order valence-corrected chi connectivity index (χ4v) is 1.94. The standard InChI is InChI=1S/C14H21N3O2.HI/c1-3-19-13-9-11(5-6-12(13)18-2)10-17-14-15-7-4-8-16-14;/h5-6,9H,3-4,7-8,10H2,1-2H3,(H2,15,16,17);1H. The summed E-state index contributed by atoms with van der Waals surface area (Å²) in [5.41, 5.74) is 1.14. The van der Waals surface area contributed by atoms with E-state index in [4.69, 9.17) is 9.47 Å². The van der Waals surface area contributed by atoms with Crippen LogP contribution in [-0.2, 0) is 6.54 Å². The lowest BCUT2D eigenvalue weighted by Gasteiger charge is -2.16. The minimum Gasteiger partial charge on any atom is -0.493 e. The van der Waals surface area contributed by atoms with Crippen molar-refractivity contribution in [2.75, 3.05) is 26.8 Å². The maximum Gasteiger partial charge on any atom is 0.191 e. The van der Waals surface area contributed by atoms with Gasteiger partial charge in [-0.25, -0.2) is 0 Å². The minimum atomic E-state index is 0. The molecule has 0 saturated carbocycles. The fourth-order valence-electron chi connectivity index (χ4n) is 1.94. The number of halogens is 1. The normalized spacial score (nSPS) is 13.6. The van der Waals surface area contributed by atoms with Crippen LogP contribution in [0.2, 0.25) is 0 Å². The van der Waals surface area contributed by atoms with E-state index in [-0.39, 0.29) is 24.0 Å². The molecule has 2 rings (SSSR count). The predicted molar refractivity (Wildman–Crippen MR) is 91.3 cm³/mol. The van der Waals surface area contributed by atoms with E-state index in [0.717, 1.165) is 49.1 Å². The molecule has 0 radical (unpaired) electrons. The zero-order valence-corrected chi connectivity index (χ0v) is 14.3. The molecule has 1 heterocycles. The van der Waals surface area contributed by atoms with Crippen molar-refractivity contribution in [3.05, 3.63) is 23.8 Å². The van der Waals surface area contributed by atoms with Gasteiger partial charge in [-0.05, 0) is 31.0 Å². The van der Waals surface area contributed by atoms with E-state index < -0.39 is 0 Å². The van der Waals surface area contributed by atoms with E-state index in [1.54, 1.807) is 7.11 Å². The van der Waals surface area contributed by atoms with Crippen molar-refractivity contribution in [3.8, 4) is 11.5 Å². The van der Waals surface area contributed by atoms with Gasteiger partial charge < -0.3 is 20.1 Å². The molecule has 1 aromatic rings. The Bertz CT molecular complexity index is 452. The van der Waals surface area contributed by atoms with E-state index >= 15 is 0 Å². The molecule has 1 aliphatic heterocycles. The van der Waals surface area contributed by atoms with Crippen LogP contribution in [0, 0.1) is 0 Å². The molecule has 5 nitrogen and oxygen atoms in total. The summed E-state index contributed by atoms with van der Waals surface area (Å²) in [4.78, 5) is 4.38. The topological polar surface area (TPSA) is 54.9 Å². The Labute approximate surface area is 137 Å². The van der Waals surface area contributed by atoms with Crippen LogP contribution in [0.3, 0.4) is 0 Å². The first-order chi connectivity index (χ1) is 9.33. The van der Waals surface area contributed by atoms with E-state index in [1.807, 2.05) is 25.1 Å². The van der Waals surface area contributed by atoms with Crippen LogP contribution in [0.5, 0.6) is 11.5 Å². The van der Waals surface area contributed by atoms with E-state index in [2.05, 4.69) is 15.6 Å². The summed E-state index contributed by atoms with van der Waals surface area (Å²) in [5, 5.41) is 6.52. The Morgan fingerprint density at radius 3 is 2.85 bits per heavy atom. The van der Waals surface area contributed by atoms with E-state index in [1.165, 1.54) is 0 Å². The molecule has 0 bridgehead atoms. The molecule has 1 aliphatic rings. The first kappa shape index (κ1) is 16.9. The highest BCUT2D eigenvalue weighted by Gasteiger charge is 2.07. The van der Waals surface area contributed by atoms with Crippen LogP contribution in [-0.4, -0.2) is 32.8 Å². The van der Waals surface area contributed by atoms with Crippen LogP contribution in [0.25, 0.3) is 0 Å². The first-order valence-corrected chi connectivity index (χ1v) is 6.65. The number of ether oxygens (including phenoxy) is 2. The molecule has 0 aromatic heterocycles. The lowest BCUT2D eigenvalue weighted by molar-refractivity contribution is 0.310. The van der Waals surface area contributed by atoms with Crippen molar-refractivity contribution in [1.82, 2.24) is 10.6 Å². The van der Waals surface area contributed by atoms with Crippen LogP contribution in [0.4, 0.5) is 0 Å². The molecular formula is C14H22IN3O2. The van der Waals surface area contributed by atoms with Crippen molar-refractivity contribution in [3.63, 3.8) is 0 Å². The molecule has 112 valence electrons. The number of aliphatic imine (C=N–C) groups is 1. The van der Waals surface area contributed by atoms with Gasteiger partial charge in [0.1, 0.15) is 0 Å². The monoisotopic (exact) mass is 391 g/mol. The van der Waals surface area contributed by atoms with Crippen LogP contribution < -0.4 is 20.1 Å². The molecule has 0 spiro atoms. The summed E-state index contributed by atoms with van der Waals surface area (Å²) in [6.45, 7) is 5.18. The SMILES string of the molecule is CCOc1cc(CNC2=NCCCN2)ccc1OC.I. The molecule has 0 atom stereocenters. The smallest absolute Gasteiger partial charge is 0.191 e. The van der Waals surface area contributed by atoms with E-state index in [0.29, 0.717) is 6.61 Å². The third kappa shape index (κ3) is 4.73. The molecule has 0 saturated heterocycles. The van der Waals surface area contributed by atoms with Gasteiger partial charge >= 0.3 is 0 Å². The van der Waals surface area contributed by atoms with Crippen molar-refractivity contribution in [1.29, 1.82) is 0 Å². The number of benzene rings is 1. The molecule has 0 fully saturated rings. The molecule has 0 unspecified atom stereocenters. The average Bonchev–Trinajstić information content (AvgIpc) is 2.47. The lowest BCUT2D eigenvalue weighted by atomic mass is 10.2. The van der Waals surface area contributed by atoms with Gasteiger partial charge in [0.25, 0.3) is 0 Å². The zero-order chi connectivity index (χ0) is 13.5. The summed E-state index contributed by atoms with van der Waals surface area (Å²) in [5.74, 6) is 2.42. The summed E-state index contributed by atoms with van der Waals surface area (Å²) in [6, 6.07) is 5.95. The minimum absolute atomic E-state index is 0. The van der Waals surface area contributed by atoms with Crippen molar-refractivity contribution in [2.24, 2.45) is 4.99 Å². The lowest BCUT2D eigenvalue weighted by Crippen LogP contribution is -2.40. The maximum absolute atomic E-state index is 5.56. The number of guanidine groups is 1. The number of nitrogens with zero attached hydrogens (tertiary/aromatic N) is 1. The van der Waals surface area contributed by atoms with E-state index in [9.17, 15) is 0 Å². The highest BCUT2D eigenvalue weighted by molar-refractivity contribution is 14.0. The Morgan fingerprint density at radius 2 is 2.20 bits per heavy atom. The Balaban J connectivity index is 0.00000200. The van der Waals surface area contributed by atoms with Crippen LogP contribution >= 0.6 is 24.0 Å². The van der Waals surface area contributed by atoms with Gasteiger partial charge in [0.15, 0.2) is 17.5 Å². The summed E-state index contributed by atoms with van der Waals surface area (Å²) in [7, 11) is 1.65. The van der Waals surface area contributed by atoms with Crippen LogP contribution in [0.1, 0.15) is 18.9 Å². The molecule has 0 aliphatic carbocycles. The second-order valence-corrected chi connectivity index (χ2v) is 4.28. The first-order valence-electron chi connectivity index (χ1n) is 6.65. The van der Waals surface area contributed by atoms with Crippen molar-refractivity contribution >= 4 is 29.9 Å². The number of hydrogen-bond donors (Lipinski definition) is 2. The summed E-state index contributed by atoms with van der Waals surface area (Å²) in [6.07, 6.45) is 1.10. The fraction of sp³-hybridized carbons (Fsp3) is 0.500. The predicted octanol–water partition coefficient (Wildman–Crippen LogP) is 2.15. The largest absolute Gasteiger partial charge is 0.493 e. The van der Waals surface area contributed by atoms with Crippen molar-refractivity contribution in [2.45, 2.75) is 19.9 Å². The van der Waals surface area contributed by atoms with Gasteiger partial charge in [0, 0.05) is 19.6 Å². The molecule has 20 heavy (non-hydrogen) atoms. The Morgan fingerprint density at radius 1 is 1.35 bits per heavy atom. The molecule has 1 aromatic carbocycles. The Hall–Kier alpha value is -1.18. The van der Waals surface area contributed by atoms with Gasteiger partial charge in [0.2, 0.25) is 0 Å². The molecule has 6 heteroatoms. The second kappa shape index (κ2) is 8.89. The maximum atomic E-state index is 5.56. The molecular weight excluding hydrogens is 369 g/mol. The van der Waals surface area contributed by atoms with Gasteiger partial charge in [-0.3, -0.25) is 4.99 Å². The highest BCUT2D eigenvalue weighted by atomic mass is 127. The van der Waals surface area contributed by atoms with Gasteiger partial charge in [0.05, 0.1) is 13.7 Å². The van der Waals surface area contributed by atoms with Crippen LogP contribution in [0.15, 0.2) is 23.2 Å². The second-order valence-electron chi connectivity index (χ2n) is 4.28. The number of hydrogen-bond acceptors (Lipinski definition) is 5. The van der Waals surface area contributed by atoms with Gasteiger partial charge in [-0.15, -0.1) is 24.0 Å². The summed E-state index contributed by atoms with van der Waals surface area (Å²) < 4.78 is 10.8. The third-order valence-electron chi connectivity index (χ3n) is 2.89. The quantitative estimate of drug-likeness (QED) is 0.756.